The van der Waals surface area contributed by atoms with Crippen LogP contribution in [0.5, 0.6) is 5.75 Å². The zero-order valence-corrected chi connectivity index (χ0v) is 12.0. The van der Waals surface area contributed by atoms with E-state index in [4.69, 9.17) is 4.74 Å². The fourth-order valence-corrected chi connectivity index (χ4v) is 2.42. The van der Waals surface area contributed by atoms with E-state index in [0.29, 0.717) is 12.6 Å². The summed E-state index contributed by atoms with van der Waals surface area (Å²) in [6.07, 6.45) is 3.95. The molecule has 1 fully saturated rings. The van der Waals surface area contributed by atoms with Crippen LogP contribution in [-0.4, -0.2) is 23.4 Å². The van der Waals surface area contributed by atoms with Crippen molar-refractivity contribution in [2.75, 3.05) is 6.61 Å². The Kier molecular flexibility index (Phi) is 4.83. The monoisotopic (exact) mass is 263 g/mol. The quantitative estimate of drug-likeness (QED) is 0.829. The molecule has 0 spiro atoms. The second-order valence-corrected chi connectivity index (χ2v) is 5.90. The van der Waals surface area contributed by atoms with Crippen LogP contribution in [0, 0.1) is 0 Å². The molecule has 3 nitrogen and oxygen atoms in total. The maximum Gasteiger partial charge on any atom is 0.119 e. The molecule has 3 heteroatoms. The SMILES string of the molecule is CC(C)NCc1ccc(OCC2(O)CCCC2)cc1. The fourth-order valence-electron chi connectivity index (χ4n) is 2.42. The Morgan fingerprint density at radius 3 is 2.42 bits per heavy atom. The molecule has 106 valence electrons. The Balaban J connectivity index is 1.81. The van der Waals surface area contributed by atoms with Crippen LogP contribution in [0.1, 0.15) is 45.1 Å². The fraction of sp³-hybridized carbons (Fsp3) is 0.625. The average molecular weight is 263 g/mol. The lowest BCUT2D eigenvalue weighted by Gasteiger charge is -2.22. The van der Waals surface area contributed by atoms with Crippen LogP contribution in [0.3, 0.4) is 0 Å². The van der Waals surface area contributed by atoms with Gasteiger partial charge in [-0.15, -0.1) is 0 Å². The molecule has 0 unspecified atom stereocenters. The molecule has 0 heterocycles. The Bertz CT molecular complexity index is 380. The predicted octanol–water partition coefficient (Wildman–Crippen LogP) is 2.87. The third-order valence-electron chi connectivity index (χ3n) is 3.68. The molecular formula is C16H25NO2. The van der Waals surface area contributed by atoms with Gasteiger partial charge in [-0.3, -0.25) is 0 Å². The van der Waals surface area contributed by atoms with E-state index in [9.17, 15) is 5.11 Å². The number of nitrogens with one attached hydrogen (secondary N) is 1. The summed E-state index contributed by atoms with van der Waals surface area (Å²) in [6, 6.07) is 8.60. The van der Waals surface area contributed by atoms with E-state index < -0.39 is 5.60 Å². The summed E-state index contributed by atoms with van der Waals surface area (Å²) in [4.78, 5) is 0. The van der Waals surface area contributed by atoms with Crippen molar-refractivity contribution >= 4 is 0 Å². The maximum absolute atomic E-state index is 10.2. The molecule has 1 aliphatic carbocycles. The number of aliphatic hydroxyl groups is 1. The Morgan fingerprint density at radius 2 is 1.84 bits per heavy atom. The smallest absolute Gasteiger partial charge is 0.119 e. The number of hydrogen-bond donors (Lipinski definition) is 2. The molecule has 0 radical (unpaired) electrons. The first-order chi connectivity index (χ1) is 9.07. The number of benzene rings is 1. The van der Waals surface area contributed by atoms with E-state index in [1.54, 1.807) is 0 Å². The summed E-state index contributed by atoms with van der Waals surface area (Å²) in [5, 5.41) is 13.6. The second kappa shape index (κ2) is 6.40. The van der Waals surface area contributed by atoms with Crippen LogP contribution in [0.15, 0.2) is 24.3 Å². The lowest BCUT2D eigenvalue weighted by molar-refractivity contribution is 0.00140. The Morgan fingerprint density at radius 1 is 1.21 bits per heavy atom. The van der Waals surface area contributed by atoms with E-state index in [-0.39, 0.29) is 0 Å². The molecule has 1 saturated carbocycles. The molecule has 0 aromatic heterocycles. The molecule has 0 bridgehead atoms. The average Bonchev–Trinajstić information content (AvgIpc) is 2.83. The Hall–Kier alpha value is -1.06. The highest BCUT2D eigenvalue weighted by atomic mass is 16.5. The lowest BCUT2D eigenvalue weighted by atomic mass is 10.0. The van der Waals surface area contributed by atoms with Gasteiger partial charge in [0.05, 0.1) is 5.60 Å². The van der Waals surface area contributed by atoms with Gasteiger partial charge in [-0.25, -0.2) is 0 Å². The van der Waals surface area contributed by atoms with Gasteiger partial charge in [-0.1, -0.05) is 38.8 Å². The molecule has 0 atom stereocenters. The molecule has 0 amide bonds. The Labute approximate surface area is 116 Å². The van der Waals surface area contributed by atoms with Crippen molar-refractivity contribution < 1.29 is 9.84 Å². The van der Waals surface area contributed by atoms with E-state index in [0.717, 1.165) is 38.0 Å². The summed E-state index contributed by atoms with van der Waals surface area (Å²) >= 11 is 0. The van der Waals surface area contributed by atoms with Gasteiger partial charge < -0.3 is 15.2 Å². The molecule has 0 aliphatic heterocycles. The molecule has 19 heavy (non-hydrogen) atoms. The lowest BCUT2D eigenvalue weighted by Crippen LogP contribution is -2.32. The van der Waals surface area contributed by atoms with Crippen molar-refractivity contribution in [3.05, 3.63) is 29.8 Å². The summed E-state index contributed by atoms with van der Waals surface area (Å²) < 4.78 is 5.70. The van der Waals surface area contributed by atoms with Crippen LogP contribution in [-0.2, 0) is 6.54 Å². The van der Waals surface area contributed by atoms with Gasteiger partial charge in [-0.05, 0) is 30.5 Å². The first-order valence-electron chi connectivity index (χ1n) is 7.25. The molecular weight excluding hydrogens is 238 g/mol. The first-order valence-corrected chi connectivity index (χ1v) is 7.25. The van der Waals surface area contributed by atoms with Gasteiger partial charge in [0, 0.05) is 12.6 Å². The largest absolute Gasteiger partial charge is 0.491 e. The van der Waals surface area contributed by atoms with E-state index >= 15 is 0 Å². The summed E-state index contributed by atoms with van der Waals surface area (Å²) in [6.45, 7) is 5.57. The van der Waals surface area contributed by atoms with E-state index in [1.165, 1.54) is 5.56 Å². The highest BCUT2D eigenvalue weighted by Gasteiger charge is 2.31. The highest BCUT2D eigenvalue weighted by molar-refractivity contribution is 5.27. The maximum atomic E-state index is 10.2. The zero-order chi connectivity index (χ0) is 13.7. The van der Waals surface area contributed by atoms with Gasteiger partial charge in [0.1, 0.15) is 12.4 Å². The van der Waals surface area contributed by atoms with Crippen molar-refractivity contribution in [3.8, 4) is 5.75 Å². The summed E-state index contributed by atoms with van der Waals surface area (Å²) in [7, 11) is 0. The van der Waals surface area contributed by atoms with Crippen molar-refractivity contribution in [1.82, 2.24) is 5.32 Å². The molecule has 1 aromatic carbocycles. The van der Waals surface area contributed by atoms with Crippen LogP contribution in [0.4, 0.5) is 0 Å². The molecule has 1 aliphatic rings. The normalized spacial score (nSPS) is 17.9. The van der Waals surface area contributed by atoms with Crippen LogP contribution in [0.25, 0.3) is 0 Å². The summed E-state index contributed by atoms with van der Waals surface area (Å²) in [5.41, 5.74) is 0.651. The third kappa shape index (κ3) is 4.51. The molecule has 1 aromatic rings. The molecule has 0 saturated heterocycles. The third-order valence-corrected chi connectivity index (χ3v) is 3.68. The van der Waals surface area contributed by atoms with Gasteiger partial charge >= 0.3 is 0 Å². The molecule has 2 N–H and O–H groups in total. The number of hydrogen-bond acceptors (Lipinski definition) is 3. The second-order valence-electron chi connectivity index (χ2n) is 5.90. The topological polar surface area (TPSA) is 41.5 Å². The summed E-state index contributed by atoms with van der Waals surface area (Å²) in [5.74, 6) is 0.841. The minimum atomic E-state index is -0.599. The highest BCUT2D eigenvalue weighted by Crippen LogP contribution is 2.30. The van der Waals surface area contributed by atoms with Gasteiger partial charge in [0.2, 0.25) is 0 Å². The number of ether oxygens (including phenoxy) is 1. The van der Waals surface area contributed by atoms with Crippen LogP contribution < -0.4 is 10.1 Å². The number of rotatable bonds is 6. The minimum Gasteiger partial charge on any atom is -0.491 e. The van der Waals surface area contributed by atoms with Crippen LogP contribution in [0.2, 0.25) is 0 Å². The van der Waals surface area contributed by atoms with Gasteiger partial charge in [0.15, 0.2) is 0 Å². The zero-order valence-electron chi connectivity index (χ0n) is 12.0. The van der Waals surface area contributed by atoms with Gasteiger partial charge in [0.25, 0.3) is 0 Å². The van der Waals surface area contributed by atoms with Gasteiger partial charge in [-0.2, -0.15) is 0 Å². The van der Waals surface area contributed by atoms with Crippen molar-refractivity contribution in [2.45, 2.75) is 57.7 Å². The first kappa shape index (κ1) is 14.4. The van der Waals surface area contributed by atoms with Crippen molar-refractivity contribution in [2.24, 2.45) is 0 Å². The van der Waals surface area contributed by atoms with Crippen LogP contribution >= 0.6 is 0 Å². The standard InChI is InChI=1S/C16H25NO2/c1-13(2)17-11-14-5-7-15(8-6-14)19-12-16(18)9-3-4-10-16/h5-8,13,17-18H,3-4,9-12H2,1-2H3. The predicted molar refractivity (Wildman–Crippen MR) is 77.3 cm³/mol. The van der Waals surface area contributed by atoms with E-state index in [2.05, 4.69) is 31.3 Å². The molecule has 2 rings (SSSR count). The minimum absolute atomic E-state index is 0.413. The van der Waals surface area contributed by atoms with E-state index in [1.807, 2.05) is 12.1 Å². The van der Waals surface area contributed by atoms with Crippen molar-refractivity contribution in [3.63, 3.8) is 0 Å². The van der Waals surface area contributed by atoms with Crippen molar-refractivity contribution in [1.29, 1.82) is 0 Å².